The number of nitrogens with two attached hydrogens (primary N) is 1. The Kier molecular flexibility index (Phi) is 25.6. The number of amides is 9. The number of likely N-dealkylation sites (tertiary alicyclic amines) is 2. The van der Waals surface area contributed by atoms with E-state index in [0.717, 1.165) is 4.90 Å². The largest absolute Gasteiger partial charge is 0.481 e. The lowest BCUT2D eigenvalue weighted by Gasteiger charge is -2.31. The molecule has 0 radical (unpaired) electrons. The SMILES string of the molecule is CC(C)C[C@H](NC(=O)[C@H](CC(C)C)NC(=O)[C@@H](NC(=O)[C@@H]1CCCN1C(=O)[C@H](Cc1cnc[nH]1)NC(=O)[C@H](CCC(=O)O)NC(=O)[C@H](CCC(=O)O)NC(=O)[C@@H]1CCCN1C(=O)[C@H](C)NC(=O)[C@@H](N)C(C)C)[C@@H](C)O)C(=O)O. The number of aliphatic carboxylic acids is 3. The van der Waals surface area contributed by atoms with Crippen LogP contribution < -0.4 is 43.0 Å². The number of carboxylic acids is 3. The minimum absolute atomic E-state index is 0.0381. The van der Waals surface area contributed by atoms with E-state index in [4.69, 9.17) is 5.73 Å². The molecule has 0 aromatic carbocycles. The maximum absolute atomic E-state index is 14.6. The number of hydrogen-bond acceptors (Lipinski definition) is 15. The molecule has 0 spiro atoms. The van der Waals surface area contributed by atoms with Gasteiger partial charge in [0.2, 0.25) is 53.2 Å². The van der Waals surface area contributed by atoms with Crippen molar-refractivity contribution in [1.29, 1.82) is 0 Å². The highest BCUT2D eigenvalue weighted by Gasteiger charge is 2.42. The Morgan fingerprint density at radius 3 is 1.54 bits per heavy atom. The molecule has 2 aliphatic heterocycles. The molecule has 3 rings (SSSR count). The van der Waals surface area contributed by atoms with Crippen molar-refractivity contribution in [2.75, 3.05) is 13.1 Å². The van der Waals surface area contributed by atoms with Crippen molar-refractivity contribution in [3.8, 4) is 0 Å². The summed E-state index contributed by atoms with van der Waals surface area (Å²) in [6, 6.07) is -13.6. The zero-order valence-electron chi connectivity index (χ0n) is 45.5. The van der Waals surface area contributed by atoms with E-state index in [2.05, 4.69) is 47.2 Å². The van der Waals surface area contributed by atoms with Crippen molar-refractivity contribution in [3.63, 3.8) is 0 Å². The van der Waals surface area contributed by atoms with Crippen molar-refractivity contribution in [1.82, 2.24) is 57.0 Å². The summed E-state index contributed by atoms with van der Waals surface area (Å²) in [6.45, 7) is 13.2. The van der Waals surface area contributed by atoms with Gasteiger partial charge in [0.25, 0.3) is 0 Å². The second kappa shape index (κ2) is 30.6. The molecule has 11 atom stereocenters. The van der Waals surface area contributed by atoms with E-state index in [0.29, 0.717) is 12.1 Å². The standard InChI is InChI=1S/C50H80N12O16/c1-24(2)19-32(43(70)59-34(50(77)78)20-25(3)4)57-47(74)40(28(8)63)60-45(72)36-12-10-18-62(36)49(76)33(21-29-22-52-23-53-29)58-42(69)30(13-15-37(64)65)55-41(68)31(14-16-38(66)67)56-44(71)35-11-9-17-61(35)48(75)27(7)54-46(73)39(51)26(5)6/h22-28,30-36,39-40,63H,9-21,51H2,1-8H3,(H,52,53)(H,54,73)(H,55,68)(H,56,71)(H,57,74)(H,58,69)(H,59,70)(H,60,72)(H,64,65)(H,66,67)(H,77,78)/t27-,28+,30-,31-,32-,33-,34-,35-,36-,39-,40-/m0/s1. The van der Waals surface area contributed by atoms with Crippen molar-refractivity contribution < 1.29 is 78.0 Å². The Hall–Kier alpha value is -7.23. The van der Waals surface area contributed by atoms with Crippen LogP contribution in [0.25, 0.3) is 0 Å². The van der Waals surface area contributed by atoms with Gasteiger partial charge in [-0.05, 0) is 83.0 Å². The third kappa shape index (κ3) is 20.0. The number of nitrogens with zero attached hydrogens (tertiary/aromatic N) is 3. The summed E-state index contributed by atoms with van der Waals surface area (Å²) in [5.41, 5.74) is 6.25. The molecule has 28 nitrogen and oxygen atoms in total. The first kappa shape index (κ1) is 65.1. The van der Waals surface area contributed by atoms with Crippen LogP contribution in [0.5, 0.6) is 0 Å². The first-order valence-electron chi connectivity index (χ1n) is 26.3. The molecule has 14 N–H and O–H groups in total. The first-order chi connectivity index (χ1) is 36.5. The van der Waals surface area contributed by atoms with Gasteiger partial charge < -0.3 is 78.2 Å². The van der Waals surface area contributed by atoms with Gasteiger partial charge in [-0.25, -0.2) is 9.78 Å². The number of aliphatic hydroxyl groups excluding tert-OH is 1. The number of hydrogen-bond donors (Lipinski definition) is 13. The van der Waals surface area contributed by atoms with Crippen molar-refractivity contribution in [3.05, 3.63) is 18.2 Å². The van der Waals surface area contributed by atoms with Crippen molar-refractivity contribution in [2.45, 2.75) is 193 Å². The zero-order valence-corrected chi connectivity index (χ0v) is 45.5. The summed E-state index contributed by atoms with van der Waals surface area (Å²) in [6.07, 6.45) is -0.665. The first-order valence-corrected chi connectivity index (χ1v) is 26.3. The summed E-state index contributed by atoms with van der Waals surface area (Å²) in [7, 11) is 0. The molecular formula is C50H80N12O16. The molecule has 28 heteroatoms. The molecule has 2 fully saturated rings. The summed E-state index contributed by atoms with van der Waals surface area (Å²) >= 11 is 0. The third-order valence-electron chi connectivity index (χ3n) is 13.3. The van der Waals surface area contributed by atoms with Crippen molar-refractivity contribution in [2.24, 2.45) is 23.5 Å². The number of imidazole rings is 1. The molecule has 0 unspecified atom stereocenters. The Labute approximate surface area is 452 Å². The minimum atomic E-state index is -1.73. The Morgan fingerprint density at radius 2 is 1.06 bits per heavy atom. The normalized spacial score (nSPS) is 18.8. The highest BCUT2D eigenvalue weighted by Crippen LogP contribution is 2.22. The molecule has 2 aliphatic rings. The molecular weight excluding hydrogens is 1020 g/mol. The van der Waals surface area contributed by atoms with Crippen LogP contribution in [0.2, 0.25) is 0 Å². The minimum Gasteiger partial charge on any atom is -0.481 e. The molecule has 0 aliphatic carbocycles. The van der Waals surface area contributed by atoms with E-state index in [1.165, 1.54) is 31.3 Å². The smallest absolute Gasteiger partial charge is 0.326 e. The number of aromatic amines is 1. The van der Waals surface area contributed by atoms with E-state index in [1.807, 2.05) is 0 Å². The second-order valence-electron chi connectivity index (χ2n) is 21.2. The highest BCUT2D eigenvalue weighted by molar-refractivity contribution is 5.99. The topological polar surface area (TPSA) is 431 Å². The van der Waals surface area contributed by atoms with Gasteiger partial charge in [0.05, 0.1) is 18.5 Å². The van der Waals surface area contributed by atoms with E-state index in [9.17, 15) is 78.0 Å². The average molecular weight is 1110 g/mol. The number of carboxylic acid groups (broad SMARTS) is 3. The van der Waals surface area contributed by atoms with E-state index < -0.39 is 163 Å². The predicted octanol–water partition coefficient (Wildman–Crippen LogP) is -2.38. The summed E-state index contributed by atoms with van der Waals surface area (Å²) < 4.78 is 0. The average Bonchev–Trinajstić information content (AvgIpc) is 4.17. The maximum Gasteiger partial charge on any atom is 0.326 e. The quantitative estimate of drug-likeness (QED) is 0.0369. The van der Waals surface area contributed by atoms with E-state index in [-0.39, 0.29) is 69.4 Å². The second-order valence-corrected chi connectivity index (χ2v) is 21.2. The van der Waals surface area contributed by atoms with E-state index in [1.54, 1.807) is 41.5 Å². The van der Waals surface area contributed by atoms with Crippen LogP contribution in [0.4, 0.5) is 0 Å². The Bertz CT molecular complexity index is 2290. The zero-order chi connectivity index (χ0) is 58.7. The molecule has 1 aromatic rings. The van der Waals surface area contributed by atoms with Gasteiger partial charge in [-0.15, -0.1) is 0 Å². The van der Waals surface area contributed by atoms with Crippen LogP contribution in [0.3, 0.4) is 0 Å². The van der Waals surface area contributed by atoms with Crippen LogP contribution in [0.1, 0.15) is 125 Å². The molecule has 78 heavy (non-hydrogen) atoms. The lowest BCUT2D eigenvalue weighted by Crippen LogP contribution is -2.61. The Morgan fingerprint density at radius 1 is 0.603 bits per heavy atom. The third-order valence-corrected chi connectivity index (χ3v) is 13.3. The van der Waals surface area contributed by atoms with Gasteiger partial charge in [0, 0.05) is 44.2 Å². The number of nitrogens with one attached hydrogen (secondary N) is 8. The molecule has 2 saturated heterocycles. The fourth-order valence-electron chi connectivity index (χ4n) is 9.02. The predicted molar refractivity (Wildman–Crippen MR) is 276 cm³/mol. The fourth-order valence-corrected chi connectivity index (χ4v) is 9.02. The lowest BCUT2D eigenvalue weighted by atomic mass is 10.00. The van der Waals surface area contributed by atoms with Crippen LogP contribution in [-0.2, 0) is 64.0 Å². The van der Waals surface area contributed by atoms with Crippen LogP contribution in [0.15, 0.2) is 12.5 Å². The lowest BCUT2D eigenvalue weighted by molar-refractivity contribution is -0.144. The molecule has 436 valence electrons. The molecule has 0 bridgehead atoms. The number of H-pyrrole nitrogens is 1. The van der Waals surface area contributed by atoms with Crippen molar-refractivity contribution >= 4 is 71.1 Å². The van der Waals surface area contributed by atoms with E-state index >= 15 is 0 Å². The number of carbonyl (C=O) groups excluding carboxylic acids is 9. The van der Waals surface area contributed by atoms with Gasteiger partial charge in [0.15, 0.2) is 0 Å². The summed E-state index contributed by atoms with van der Waals surface area (Å²) in [5, 5.41) is 57.1. The van der Waals surface area contributed by atoms with Gasteiger partial charge in [0.1, 0.15) is 54.4 Å². The number of aliphatic hydroxyl groups is 1. The van der Waals surface area contributed by atoms with Gasteiger partial charge in [-0.1, -0.05) is 41.5 Å². The molecule has 3 heterocycles. The maximum atomic E-state index is 14.6. The number of carbonyl (C=O) groups is 12. The Balaban J connectivity index is 1.86. The van der Waals surface area contributed by atoms with Gasteiger partial charge in [-0.2, -0.15) is 0 Å². The van der Waals surface area contributed by atoms with Gasteiger partial charge in [-0.3, -0.25) is 52.7 Å². The number of aromatic nitrogens is 2. The van der Waals surface area contributed by atoms with Crippen LogP contribution >= 0.6 is 0 Å². The van der Waals surface area contributed by atoms with Gasteiger partial charge >= 0.3 is 17.9 Å². The fraction of sp³-hybridized carbons (Fsp3) is 0.700. The highest BCUT2D eigenvalue weighted by atomic mass is 16.4. The molecule has 0 saturated carbocycles. The molecule has 9 amide bonds. The monoisotopic (exact) mass is 1100 g/mol. The van der Waals surface area contributed by atoms with Crippen LogP contribution in [-0.4, -0.2) is 191 Å². The summed E-state index contributed by atoms with van der Waals surface area (Å²) in [5.74, 6) is -12.3. The van der Waals surface area contributed by atoms with Crippen LogP contribution in [0, 0.1) is 17.8 Å². The number of rotatable bonds is 31. The summed E-state index contributed by atoms with van der Waals surface area (Å²) in [4.78, 5) is 169. The molecule has 1 aromatic heterocycles.